The Labute approximate surface area is 157 Å². The molecule has 6 heteroatoms. The molecule has 142 valence electrons. The summed E-state index contributed by atoms with van der Waals surface area (Å²) in [6.07, 6.45) is 3.27. The van der Waals surface area contributed by atoms with Gasteiger partial charge in [-0.2, -0.15) is 0 Å². The molecule has 0 aliphatic heterocycles. The Morgan fingerprint density at radius 2 is 1.63 bits per heavy atom. The van der Waals surface area contributed by atoms with Crippen molar-refractivity contribution < 1.29 is 24.6 Å². The average molecular weight is 369 g/mol. The SMILES string of the molecule is CC(C)(C)C(=O)Nc1cc(C(=O)O)c2c(C(=O)O)c3c(cc2c1)CCCC3. The maximum absolute atomic E-state index is 12.3. The number of hydrogen-bond acceptors (Lipinski definition) is 3. The van der Waals surface area contributed by atoms with E-state index in [9.17, 15) is 24.6 Å². The molecule has 0 atom stereocenters. The molecule has 0 bridgehead atoms. The summed E-state index contributed by atoms with van der Waals surface area (Å²) < 4.78 is 0. The molecule has 2 aromatic carbocycles. The van der Waals surface area contributed by atoms with E-state index in [1.54, 1.807) is 26.8 Å². The first kappa shape index (κ1) is 18.9. The van der Waals surface area contributed by atoms with Crippen molar-refractivity contribution in [1.82, 2.24) is 0 Å². The highest BCUT2D eigenvalue weighted by Crippen LogP contribution is 2.35. The van der Waals surface area contributed by atoms with Crippen molar-refractivity contribution in [3.8, 4) is 0 Å². The second kappa shape index (κ2) is 6.68. The number of amides is 1. The molecule has 0 spiro atoms. The number of carboxylic acids is 2. The van der Waals surface area contributed by atoms with Crippen molar-refractivity contribution >= 4 is 34.3 Å². The van der Waals surface area contributed by atoms with E-state index in [-0.39, 0.29) is 22.4 Å². The fraction of sp³-hybridized carbons (Fsp3) is 0.381. The highest BCUT2D eigenvalue weighted by molar-refractivity contribution is 6.15. The highest BCUT2D eigenvalue weighted by Gasteiger charge is 2.26. The van der Waals surface area contributed by atoms with Gasteiger partial charge < -0.3 is 15.5 Å². The smallest absolute Gasteiger partial charge is 0.336 e. The predicted octanol–water partition coefficient (Wildman–Crippen LogP) is 4.10. The molecule has 6 nitrogen and oxygen atoms in total. The van der Waals surface area contributed by atoms with E-state index in [1.165, 1.54) is 6.07 Å². The number of hydrogen-bond donors (Lipinski definition) is 3. The standard InChI is InChI=1S/C21H23NO5/c1-21(2,3)20(27)22-13-9-12-8-11-6-4-5-7-14(11)17(19(25)26)16(12)15(10-13)18(23)24/h8-10H,4-7H2,1-3H3,(H,22,27)(H,23,24)(H,25,26). The van der Waals surface area contributed by atoms with Gasteiger partial charge in [-0.15, -0.1) is 0 Å². The summed E-state index contributed by atoms with van der Waals surface area (Å²) in [6.45, 7) is 5.29. The van der Waals surface area contributed by atoms with Crippen molar-refractivity contribution in [2.45, 2.75) is 46.5 Å². The Balaban J connectivity index is 2.29. The average Bonchev–Trinajstić information content (AvgIpc) is 2.57. The second-order valence-electron chi connectivity index (χ2n) is 8.03. The Morgan fingerprint density at radius 3 is 2.22 bits per heavy atom. The number of benzene rings is 2. The number of fused-ring (bicyclic) bond motifs is 2. The molecule has 3 N–H and O–H groups in total. The number of rotatable bonds is 3. The van der Waals surface area contributed by atoms with Crippen LogP contribution in [0.1, 0.15) is 65.5 Å². The number of carboxylic acid groups (broad SMARTS) is 2. The molecular formula is C21H23NO5. The van der Waals surface area contributed by atoms with Gasteiger partial charge in [-0.3, -0.25) is 4.79 Å². The minimum absolute atomic E-state index is 0.0771. The van der Waals surface area contributed by atoms with Crippen LogP contribution in [0.2, 0.25) is 0 Å². The third-order valence-electron chi connectivity index (χ3n) is 4.94. The van der Waals surface area contributed by atoms with Crippen LogP contribution in [0.15, 0.2) is 18.2 Å². The molecule has 0 saturated heterocycles. The summed E-state index contributed by atoms with van der Waals surface area (Å²) in [5.41, 5.74) is 1.36. The van der Waals surface area contributed by atoms with Crippen molar-refractivity contribution in [3.05, 3.63) is 40.5 Å². The molecular weight excluding hydrogens is 346 g/mol. The van der Waals surface area contributed by atoms with Gasteiger partial charge in [0.05, 0.1) is 11.1 Å². The lowest BCUT2D eigenvalue weighted by Crippen LogP contribution is -2.27. The van der Waals surface area contributed by atoms with Crippen LogP contribution < -0.4 is 5.32 Å². The quantitative estimate of drug-likeness (QED) is 0.756. The van der Waals surface area contributed by atoms with Crippen LogP contribution in [-0.2, 0) is 17.6 Å². The Morgan fingerprint density at radius 1 is 0.963 bits per heavy atom. The van der Waals surface area contributed by atoms with Crippen molar-refractivity contribution in [2.24, 2.45) is 5.41 Å². The first-order chi connectivity index (χ1) is 12.6. The molecule has 1 aliphatic carbocycles. The lowest BCUT2D eigenvalue weighted by atomic mass is 9.83. The number of carbonyl (C=O) groups excluding carboxylic acids is 1. The minimum atomic E-state index is -1.22. The molecule has 0 fully saturated rings. The number of aryl methyl sites for hydroxylation is 1. The van der Waals surface area contributed by atoms with Gasteiger partial charge in [0.15, 0.2) is 0 Å². The van der Waals surface area contributed by atoms with E-state index in [1.807, 2.05) is 6.07 Å². The van der Waals surface area contributed by atoms with Gasteiger partial charge in [0, 0.05) is 16.5 Å². The van der Waals surface area contributed by atoms with Crippen LogP contribution in [0, 0.1) is 5.41 Å². The molecule has 3 rings (SSSR count). The van der Waals surface area contributed by atoms with Gasteiger partial charge in [-0.1, -0.05) is 26.8 Å². The minimum Gasteiger partial charge on any atom is -0.478 e. The first-order valence-corrected chi connectivity index (χ1v) is 9.00. The summed E-state index contributed by atoms with van der Waals surface area (Å²) in [5.74, 6) is -2.58. The topological polar surface area (TPSA) is 104 Å². The molecule has 27 heavy (non-hydrogen) atoms. The summed E-state index contributed by atoms with van der Waals surface area (Å²) in [4.78, 5) is 36.2. The van der Waals surface area contributed by atoms with Gasteiger partial charge in [-0.25, -0.2) is 9.59 Å². The number of anilines is 1. The largest absolute Gasteiger partial charge is 0.478 e. The van der Waals surface area contributed by atoms with E-state index < -0.39 is 17.4 Å². The van der Waals surface area contributed by atoms with Crippen molar-refractivity contribution in [3.63, 3.8) is 0 Å². The van der Waals surface area contributed by atoms with Crippen molar-refractivity contribution in [1.29, 1.82) is 0 Å². The van der Waals surface area contributed by atoms with E-state index in [0.29, 0.717) is 17.5 Å². The fourth-order valence-corrected chi connectivity index (χ4v) is 3.56. The second-order valence-corrected chi connectivity index (χ2v) is 8.03. The predicted molar refractivity (Wildman–Crippen MR) is 103 cm³/mol. The van der Waals surface area contributed by atoms with Crippen LogP contribution in [0.3, 0.4) is 0 Å². The zero-order chi connectivity index (χ0) is 19.9. The lowest BCUT2D eigenvalue weighted by molar-refractivity contribution is -0.123. The van der Waals surface area contributed by atoms with E-state index in [2.05, 4.69) is 5.32 Å². The number of carbonyl (C=O) groups is 3. The molecule has 2 aromatic rings. The zero-order valence-electron chi connectivity index (χ0n) is 15.7. The van der Waals surface area contributed by atoms with Gasteiger partial charge in [0.25, 0.3) is 0 Å². The van der Waals surface area contributed by atoms with Crippen molar-refractivity contribution in [2.75, 3.05) is 5.32 Å². The van der Waals surface area contributed by atoms with Crippen LogP contribution in [0.4, 0.5) is 5.69 Å². The lowest BCUT2D eigenvalue weighted by Gasteiger charge is -2.22. The molecule has 1 amide bonds. The van der Waals surface area contributed by atoms with Gasteiger partial charge in [0.2, 0.25) is 5.91 Å². The van der Waals surface area contributed by atoms with E-state index in [0.717, 1.165) is 30.4 Å². The monoisotopic (exact) mass is 369 g/mol. The number of aromatic carboxylic acids is 2. The van der Waals surface area contributed by atoms with Gasteiger partial charge in [0.1, 0.15) is 0 Å². The molecule has 0 saturated carbocycles. The normalized spacial score (nSPS) is 13.9. The summed E-state index contributed by atoms with van der Waals surface area (Å²) in [6, 6.07) is 4.87. The molecule has 0 aromatic heterocycles. The third kappa shape index (κ3) is 3.52. The molecule has 1 aliphatic rings. The fourth-order valence-electron chi connectivity index (χ4n) is 3.56. The highest BCUT2D eigenvalue weighted by atomic mass is 16.4. The summed E-state index contributed by atoms with van der Waals surface area (Å²) in [5, 5.41) is 23.0. The molecule has 0 radical (unpaired) electrons. The maximum Gasteiger partial charge on any atom is 0.336 e. The summed E-state index contributed by atoms with van der Waals surface area (Å²) >= 11 is 0. The van der Waals surface area contributed by atoms with Gasteiger partial charge >= 0.3 is 11.9 Å². The van der Waals surface area contributed by atoms with Crippen LogP contribution in [0.5, 0.6) is 0 Å². The van der Waals surface area contributed by atoms with E-state index >= 15 is 0 Å². The molecule has 0 unspecified atom stereocenters. The van der Waals surface area contributed by atoms with Gasteiger partial charge in [-0.05, 0) is 54.3 Å². The first-order valence-electron chi connectivity index (χ1n) is 9.00. The zero-order valence-corrected chi connectivity index (χ0v) is 15.7. The Kier molecular flexibility index (Phi) is 4.68. The van der Waals surface area contributed by atoms with Crippen LogP contribution >= 0.6 is 0 Å². The van der Waals surface area contributed by atoms with E-state index in [4.69, 9.17) is 0 Å². The Bertz CT molecular complexity index is 969. The van der Waals surface area contributed by atoms with Crippen LogP contribution in [0.25, 0.3) is 10.8 Å². The third-order valence-corrected chi connectivity index (χ3v) is 4.94. The van der Waals surface area contributed by atoms with Crippen LogP contribution in [-0.4, -0.2) is 28.1 Å². The Hall–Kier alpha value is -2.89. The maximum atomic E-state index is 12.3. The molecule has 0 heterocycles. The summed E-state index contributed by atoms with van der Waals surface area (Å²) in [7, 11) is 0. The number of nitrogens with one attached hydrogen (secondary N) is 1.